The van der Waals surface area contributed by atoms with Crippen LogP contribution in [0.15, 0.2) is 36.4 Å². The average molecular weight is 237 g/mol. The smallest absolute Gasteiger partial charge is 0.189 e. The first-order valence-corrected chi connectivity index (χ1v) is 5.71. The molecule has 2 rings (SSSR count). The molecule has 0 bridgehead atoms. The summed E-state index contributed by atoms with van der Waals surface area (Å²) in [6.07, 6.45) is 0. The molecular weight excluding hydrogens is 222 g/mol. The Hall–Kier alpha value is -2.47. The Bertz CT molecular complexity index is 624. The van der Waals surface area contributed by atoms with Crippen LogP contribution in [-0.2, 0) is 0 Å². The van der Waals surface area contributed by atoms with Gasteiger partial charge in [0.2, 0.25) is 0 Å². The maximum Gasteiger partial charge on any atom is 0.189 e. The quantitative estimate of drug-likeness (QED) is 0.607. The molecule has 0 radical (unpaired) electrons. The summed E-state index contributed by atoms with van der Waals surface area (Å²) in [7, 11) is 0. The van der Waals surface area contributed by atoms with E-state index >= 15 is 0 Å². The van der Waals surface area contributed by atoms with Gasteiger partial charge in [-0.15, -0.1) is 0 Å². The largest absolute Gasteiger partial charge is 0.397 e. The van der Waals surface area contributed by atoms with Gasteiger partial charge in [0, 0.05) is 5.69 Å². The molecular formula is C15H15N3. The number of aryl methyl sites for hydroxylation is 2. The van der Waals surface area contributed by atoms with E-state index in [-0.39, 0.29) is 0 Å². The number of rotatable bonds is 2. The second-order valence-electron chi connectivity index (χ2n) is 4.31. The van der Waals surface area contributed by atoms with Gasteiger partial charge in [-0.2, -0.15) is 0 Å². The molecule has 0 saturated carbocycles. The first kappa shape index (κ1) is 12.0. The van der Waals surface area contributed by atoms with Crippen molar-refractivity contribution < 1.29 is 0 Å². The van der Waals surface area contributed by atoms with Gasteiger partial charge in [-0.05, 0) is 49.2 Å². The van der Waals surface area contributed by atoms with Crippen LogP contribution in [0.4, 0.5) is 22.7 Å². The molecule has 0 unspecified atom stereocenters. The molecule has 0 aromatic heterocycles. The zero-order valence-electron chi connectivity index (χ0n) is 10.5. The number of nitrogens with two attached hydrogens (primary N) is 1. The van der Waals surface area contributed by atoms with E-state index in [1.807, 2.05) is 6.07 Å². The Morgan fingerprint density at radius 2 is 1.83 bits per heavy atom. The van der Waals surface area contributed by atoms with Crippen molar-refractivity contribution in [3.63, 3.8) is 0 Å². The fraction of sp³-hybridized carbons (Fsp3) is 0.133. The van der Waals surface area contributed by atoms with Crippen LogP contribution in [0.2, 0.25) is 0 Å². The van der Waals surface area contributed by atoms with Crippen LogP contribution in [0.3, 0.4) is 0 Å². The van der Waals surface area contributed by atoms with Crippen molar-refractivity contribution in [3.05, 3.63) is 58.9 Å². The van der Waals surface area contributed by atoms with Crippen LogP contribution in [-0.4, -0.2) is 0 Å². The van der Waals surface area contributed by atoms with Crippen molar-refractivity contribution in [1.82, 2.24) is 0 Å². The minimum Gasteiger partial charge on any atom is -0.397 e. The van der Waals surface area contributed by atoms with Crippen molar-refractivity contribution in [1.29, 1.82) is 0 Å². The van der Waals surface area contributed by atoms with Gasteiger partial charge < -0.3 is 11.1 Å². The minimum absolute atomic E-state index is 0.579. The molecule has 3 N–H and O–H groups in total. The van der Waals surface area contributed by atoms with Crippen molar-refractivity contribution in [3.8, 4) is 0 Å². The molecule has 18 heavy (non-hydrogen) atoms. The first-order valence-electron chi connectivity index (χ1n) is 5.71. The molecule has 0 spiro atoms. The lowest BCUT2D eigenvalue weighted by atomic mass is 10.1. The van der Waals surface area contributed by atoms with Crippen LogP contribution < -0.4 is 11.1 Å². The SMILES string of the molecule is [C-]#[N+]c1ccc(N)c(Nc2ccc(C)c(C)c2)c1. The van der Waals surface area contributed by atoms with Crippen LogP contribution in [0, 0.1) is 20.4 Å². The zero-order chi connectivity index (χ0) is 13.1. The Morgan fingerprint density at radius 3 is 2.50 bits per heavy atom. The topological polar surface area (TPSA) is 42.4 Å². The predicted octanol–water partition coefficient (Wildman–Crippen LogP) is 4.18. The van der Waals surface area contributed by atoms with Crippen LogP contribution >= 0.6 is 0 Å². The van der Waals surface area contributed by atoms with E-state index < -0.39 is 0 Å². The second kappa shape index (κ2) is 4.80. The lowest BCUT2D eigenvalue weighted by Gasteiger charge is -2.11. The molecule has 0 saturated heterocycles. The molecule has 0 atom stereocenters. The predicted molar refractivity (Wildman–Crippen MR) is 76.3 cm³/mol. The highest BCUT2D eigenvalue weighted by Crippen LogP contribution is 2.28. The highest BCUT2D eigenvalue weighted by Gasteiger charge is 2.02. The van der Waals surface area contributed by atoms with E-state index in [4.69, 9.17) is 12.3 Å². The highest BCUT2D eigenvalue weighted by molar-refractivity contribution is 5.76. The highest BCUT2D eigenvalue weighted by atomic mass is 14.9. The van der Waals surface area contributed by atoms with Gasteiger partial charge in [0.1, 0.15) is 0 Å². The van der Waals surface area contributed by atoms with Gasteiger partial charge in [0.15, 0.2) is 5.69 Å². The Kier molecular flexibility index (Phi) is 3.20. The fourth-order valence-electron chi connectivity index (χ4n) is 1.70. The molecule has 2 aromatic rings. The van der Waals surface area contributed by atoms with Gasteiger partial charge in [-0.3, -0.25) is 0 Å². The number of nitrogen functional groups attached to an aromatic ring is 1. The third-order valence-electron chi connectivity index (χ3n) is 2.95. The molecule has 0 amide bonds. The van der Waals surface area contributed by atoms with Crippen molar-refractivity contribution in [2.75, 3.05) is 11.1 Å². The Labute approximate surface area is 107 Å². The molecule has 0 heterocycles. The molecule has 0 aliphatic carbocycles. The Balaban J connectivity index is 2.33. The van der Waals surface area contributed by atoms with Crippen LogP contribution in [0.5, 0.6) is 0 Å². The normalized spacial score (nSPS) is 9.83. The summed E-state index contributed by atoms with van der Waals surface area (Å²) >= 11 is 0. The summed E-state index contributed by atoms with van der Waals surface area (Å²) in [5.41, 5.74) is 11.3. The zero-order valence-corrected chi connectivity index (χ0v) is 10.5. The van der Waals surface area contributed by atoms with Crippen LogP contribution in [0.25, 0.3) is 4.85 Å². The maximum atomic E-state index is 7.01. The fourth-order valence-corrected chi connectivity index (χ4v) is 1.70. The van der Waals surface area contributed by atoms with E-state index in [1.165, 1.54) is 11.1 Å². The van der Waals surface area contributed by atoms with Gasteiger partial charge in [0.25, 0.3) is 0 Å². The summed E-state index contributed by atoms with van der Waals surface area (Å²) in [6, 6.07) is 11.4. The monoisotopic (exact) mass is 237 g/mol. The molecule has 0 aliphatic rings. The number of hydrogen-bond donors (Lipinski definition) is 2. The van der Waals surface area contributed by atoms with Gasteiger partial charge in [-0.25, -0.2) is 4.85 Å². The number of anilines is 3. The van der Waals surface area contributed by atoms with E-state index in [1.54, 1.807) is 18.2 Å². The van der Waals surface area contributed by atoms with E-state index in [2.05, 4.69) is 36.1 Å². The number of nitrogens with zero attached hydrogens (tertiary/aromatic N) is 1. The molecule has 0 aliphatic heterocycles. The number of benzene rings is 2. The second-order valence-corrected chi connectivity index (χ2v) is 4.31. The lowest BCUT2D eigenvalue weighted by molar-refractivity contribution is 1.34. The van der Waals surface area contributed by atoms with Gasteiger partial charge in [0.05, 0.1) is 17.9 Å². The lowest BCUT2D eigenvalue weighted by Crippen LogP contribution is -1.96. The molecule has 3 nitrogen and oxygen atoms in total. The summed E-state index contributed by atoms with van der Waals surface area (Å²) in [5, 5.41) is 3.25. The number of hydrogen-bond acceptors (Lipinski definition) is 2. The van der Waals surface area contributed by atoms with E-state index in [0.717, 1.165) is 11.4 Å². The van der Waals surface area contributed by atoms with Crippen molar-refractivity contribution in [2.24, 2.45) is 0 Å². The van der Waals surface area contributed by atoms with E-state index in [9.17, 15) is 0 Å². The summed E-state index contributed by atoms with van der Waals surface area (Å²) in [4.78, 5) is 3.40. The van der Waals surface area contributed by atoms with Crippen molar-refractivity contribution in [2.45, 2.75) is 13.8 Å². The average Bonchev–Trinajstić information content (AvgIpc) is 2.36. The Morgan fingerprint density at radius 1 is 1.06 bits per heavy atom. The summed E-state index contributed by atoms with van der Waals surface area (Å²) < 4.78 is 0. The first-order chi connectivity index (χ1) is 8.60. The number of nitrogens with one attached hydrogen (secondary N) is 1. The third-order valence-corrected chi connectivity index (χ3v) is 2.95. The van der Waals surface area contributed by atoms with E-state index in [0.29, 0.717) is 11.4 Å². The molecule has 90 valence electrons. The van der Waals surface area contributed by atoms with Gasteiger partial charge >= 0.3 is 0 Å². The standard InChI is InChI=1S/C15H15N3/c1-10-4-5-13(8-11(10)2)18-15-9-12(17-3)6-7-14(15)16/h4-9,18H,16H2,1-2H3. The molecule has 3 heteroatoms. The van der Waals surface area contributed by atoms with Gasteiger partial charge in [-0.1, -0.05) is 12.1 Å². The van der Waals surface area contributed by atoms with Crippen LogP contribution in [0.1, 0.15) is 11.1 Å². The molecule has 0 fully saturated rings. The summed E-state index contributed by atoms with van der Waals surface area (Å²) in [5.74, 6) is 0. The van der Waals surface area contributed by atoms with Crippen molar-refractivity contribution >= 4 is 22.7 Å². The molecule has 2 aromatic carbocycles. The minimum atomic E-state index is 0.579. The third kappa shape index (κ3) is 2.44. The maximum absolute atomic E-state index is 7.01. The summed E-state index contributed by atoms with van der Waals surface area (Å²) in [6.45, 7) is 11.2.